The first-order chi connectivity index (χ1) is 13.4. The third kappa shape index (κ3) is 6.64. The van der Waals surface area contributed by atoms with Gasteiger partial charge in [-0.25, -0.2) is 4.79 Å². The number of amides is 3. The summed E-state index contributed by atoms with van der Waals surface area (Å²) in [4.78, 5) is 34.4. The van der Waals surface area contributed by atoms with E-state index in [9.17, 15) is 14.4 Å². The number of primary amides is 1. The van der Waals surface area contributed by atoms with Crippen molar-refractivity contribution in [3.63, 3.8) is 0 Å². The van der Waals surface area contributed by atoms with Crippen LogP contribution in [0.15, 0.2) is 18.2 Å². The minimum Gasteiger partial charge on any atom is -0.490 e. The van der Waals surface area contributed by atoms with Crippen LogP contribution in [0.5, 0.6) is 11.5 Å². The Kier molecular flexibility index (Phi) is 7.91. The molecule has 9 nitrogen and oxygen atoms in total. The van der Waals surface area contributed by atoms with E-state index in [-0.39, 0.29) is 24.9 Å². The summed E-state index contributed by atoms with van der Waals surface area (Å²) in [6, 6.07) is 4.59. The maximum absolute atomic E-state index is 12.2. The molecule has 1 aromatic carbocycles. The maximum Gasteiger partial charge on any atom is 0.312 e. The van der Waals surface area contributed by atoms with Gasteiger partial charge in [-0.3, -0.25) is 9.59 Å². The SMILES string of the molecule is CC(C)[C@@H](NC(=O)COC(=O)CCNC(N)=O)c1ccc2c(c1)OCCCO2. The lowest BCUT2D eigenvalue weighted by molar-refractivity contribution is -0.148. The van der Waals surface area contributed by atoms with Crippen LogP contribution in [0.1, 0.15) is 38.3 Å². The van der Waals surface area contributed by atoms with Crippen LogP contribution in [0.2, 0.25) is 0 Å². The number of carbonyl (C=O) groups excluding carboxylic acids is 3. The first kappa shape index (κ1) is 21.3. The summed E-state index contributed by atoms with van der Waals surface area (Å²) < 4.78 is 16.3. The van der Waals surface area contributed by atoms with Gasteiger partial charge in [0.05, 0.1) is 25.7 Å². The molecule has 0 saturated heterocycles. The van der Waals surface area contributed by atoms with Crippen molar-refractivity contribution in [3.8, 4) is 11.5 Å². The van der Waals surface area contributed by atoms with E-state index >= 15 is 0 Å². The summed E-state index contributed by atoms with van der Waals surface area (Å²) in [6.07, 6.45) is 0.751. The number of fused-ring (bicyclic) bond motifs is 1. The van der Waals surface area contributed by atoms with Crippen LogP contribution in [0.25, 0.3) is 0 Å². The van der Waals surface area contributed by atoms with E-state index in [0.717, 1.165) is 12.0 Å². The van der Waals surface area contributed by atoms with Crippen LogP contribution in [-0.2, 0) is 14.3 Å². The molecule has 1 aliphatic rings. The van der Waals surface area contributed by atoms with Crippen molar-refractivity contribution in [3.05, 3.63) is 23.8 Å². The van der Waals surface area contributed by atoms with Gasteiger partial charge in [-0.1, -0.05) is 19.9 Å². The minimum absolute atomic E-state index is 0.0571. The van der Waals surface area contributed by atoms with Crippen molar-refractivity contribution in [2.24, 2.45) is 11.7 Å². The van der Waals surface area contributed by atoms with E-state index < -0.39 is 24.5 Å². The molecule has 0 radical (unpaired) electrons. The zero-order valence-corrected chi connectivity index (χ0v) is 16.2. The standard InChI is InChI=1S/C19H27N3O6/c1-12(2)18(13-4-5-14-15(10-13)27-9-3-8-26-14)22-16(23)11-28-17(24)6-7-21-19(20)25/h4-5,10,12,18H,3,6-9,11H2,1-2H3,(H,22,23)(H3,20,21,25)/t18-/m1/s1. The number of benzene rings is 1. The Bertz CT molecular complexity index is 707. The Morgan fingerprint density at radius 3 is 2.57 bits per heavy atom. The third-order valence-corrected chi connectivity index (χ3v) is 4.11. The van der Waals surface area contributed by atoms with Crippen LogP contribution in [-0.4, -0.2) is 44.3 Å². The molecular formula is C19H27N3O6. The molecule has 0 bridgehead atoms. The fourth-order valence-electron chi connectivity index (χ4n) is 2.73. The first-order valence-electron chi connectivity index (χ1n) is 9.24. The lowest BCUT2D eigenvalue weighted by Gasteiger charge is -2.23. The normalized spacial score (nSPS) is 14.0. The van der Waals surface area contributed by atoms with Crippen LogP contribution in [0.3, 0.4) is 0 Å². The van der Waals surface area contributed by atoms with E-state index in [1.54, 1.807) is 0 Å². The number of carbonyl (C=O) groups is 3. The van der Waals surface area contributed by atoms with E-state index in [1.807, 2.05) is 32.0 Å². The summed E-state index contributed by atoms with van der Waals surface area (Å²) in [7, 11) is 0. The molecule has 28 heavy (non-hydrogen) atoms. The molecule has 0 unspecified atom stereocenters. The van der Waals surface area contributed by atoms with Gasteiger partial charge in [0.25, 0.3) is 5.91 Å². The summed E-state index contributed by atoms with van der Waals surface area (Å²) in [5.41, 5.74) is 5.79. The molecule has 1 aromatic rings. The molecule has 0 fully saturated rings. The van der Waals surface area contributed by atoms with Gasteiger partial charge in [-0.05, 0) is 23.6 Å². The van der Waals surface area contributed by atoms with Gasteiger partial charge in [0.2, 0.25) is 0 Å². The number of hydrogen-bond acceptors (Lipinski definition) is 6. The summed E-state index contributed by atoms with van der Waals surface area (Å²) >= 11 is 0. The van der Waals surface area contributed by atoms with Crippen LogP contribution >= 0.6 is 0 Å². The Morgan fingerprint density at radius 1 is 1.18 bits per heavy atom. The molecule has 3 amide bonds. The predicted octanol–water partition coefficient (Wildman–Crippen LogP) is 1.26. The lowest BCUT2D eigenvalue weighted by Crippen LogP contribution is -2.35. The van der Waals surface area contributed by atoms with Gasteiger partial charge < -0.3 is 30.6 Å². The van der Waals surface area contributed by atoms with E-state index in [4.69, 9.17) is 19.9 Å². The molecule has 0 saturated carbocycles. The highest BCUT2D eigenvalue weighted by molar-refractivity contribution is 5.81. The van der Waals surface area contributed by atoms with Crippen molar-refractivity contribution in [1.82, 2.24) is 10.6 Å². The lowest BCUT2D eigenvalue weighted by atomic mass is 9.95. The smallest absolute Gasteiger partial charge is 0.312 e. The van der Waals surface area contributed by atoms with Gasteiger partial charge in [0, 0.05) is 13.0 Å². The summed E-state index contributed by atoms with van der Waals surface area (Å²) in [6.45, 7) is 4.81. The molecule has 1 heterocycles. The molecule has 154 valence electrons. The van der Waals surface area contributed by atoms with Crippen molar-refractivity contribution < 1.29 is 28.6 Å². The fraction of sp³-hybridized carbons (Fsp3) is 0.526. The number of hydrogen-bond donors (Lipinski definition) is 3. The number of urea groups is 1. The zero-order chi connectivity index (χ0) is 20.5. The highest BCUT2D eigenvalue weighted by Gasteiger charge is 2.21. The van der Waals surface area contributed by atoms with Crippen molar-refractivity contribution in [1.29, 1.82) is 0 Å². The number of esters is 1. The van der Waals surface area contributed by atoms with Crippen LogP contribution < -0.4 is 25.8 Å². The molecule has 0 spiro atoms. The van der Waals surface area contributed by atoms with Crippen molar-refractivity contribution in [2.45, 2.75) is 32.7 Å². The monoisotopic (exact) mass is 393 g/mol. The topological polar surface area (TPSA) is 129 Å². The fourth-order valence-corrected chi connectivity index (χ4v) is 2.73. The molecule has 1 atom stereocenters. The minimum atomic E-state index is -0.722. The molecule has 2 rings (SSSR count). The Morgan fingerprint density at radius 2 is 1.89 bits per heavy atom. The predicted molar refractivity (Wildman–Crippen MR) is 101 cm³/mol. The zero-order valence-electron chi connectivity index (χ0n) is 16.2. The molecular weight excluding hydrogens is 366 g/mol. The molecule has 9 heteroatoms. The second-order valence-electron chi connectivity index (χ2n) is 6.75. The average Bonchev–Trinajstić information content (AvgIpc) is 2.88. The largest absolute Gasteiger partial charge is 0.490 e. The molecule has 0 aromatic heterocycles. The second-order valence-corrected chi connectivity index (χ2v) is 6.75. The van der Waals surface area contributed by atoms with Gasteiger partial charge >= 0.3 is 12.0 Å². The summed E-state index contributed by atoms with van der Waals surface area (Å²) in [5, 5.41) is 5.16. The highest BCUT2D eigenvalue weighted by Crippen LogP contribution is 2.34. The summed E-state index contributed by atoms with van der Waals surface area (Å²) in [5.74, 6) is 0.434. The molecule has 4 N–H and O–H groups in total. The van der Waals surface area contributed by atoms with Crippen molar-refractivity contribution >= 4 is 17.9 Å². The van der Waals surface area contributed by atoms with E-state index in [2.05, 4.69) is 10.6 Å². The quantitative estimate of drug-likeness (QED) is 0.570. The third-order valence-electron chi connectivity index (χ3n) is 4.11. The van der Waals surface area contributed by atoms with Gasteiger partial charge in [-0.15, -0.1) is 0 Å². The Labute approximate surface area is 163 Å². The number of rotatable bonds is 8. The number of nitrogens with two attached hydrogens (primary N) is 1. The van der Waals surface area contributed by atoms with Gasteiger partial charge in [0.15, 0.2) is 18.1 Å². The number of ether oxygens (including phenoxy) is 3. The Balaban J connectivity index is 1.92. The van der Waals surface area contributed by atoms with Crippen LogP contribution in [0.4, 0.5) is 4.79 Å². The van der Waals surface area contributed by atoms with Crippen molar-refractivity contribution in [2.75, 3.05) is 26.4 Å². The van der Waals surface area contributed by atoms with Crippen LogP contribution in [0, 0.1) is 5.92 Å². The molecule has 0 aliphatic carbocycles. The first-order valence-corrected chi connectivity index (χ1v) is 9.24. The second kappa shape index (κ2) is 10.4. The van der Waals surface area contributed by atoms with E-state index in [1.165, 1.54) is 0 Å². The maximum atomic E-state index is 12.2. The van der Waals surface area contributed by atoms with Gasteiger partial charge in [0.1, 0.15) is 0 Å². The number of nitrogens with one attached hydrogen (secondary N) is 2. The van der Waals surface area contributed by atoms with E-state index in [0.29, 0.717) is 24.7 Å². The van der Waals surface area contributed by atoms with Gasteiger partial charge in [-0.2, -0.15) is 0 Å². The molecule has 1 aliphatic heterocycles. The Hall–Kier alpha value is -2.97. The highest BCUT2D eigenvalue weighted by atomic mass is 16.5. The average molecular weight is 393 g/mol.